The summed E-state index contributed by atoms with van der Waals surface area (Å²) in [6.45, 7) is 3.16. The van der Waals surface area contributed by atoms with Crippen molar-refractivity contribution in [3.63, 3.8) is 0 Å². The predicted octanol–water partition coefficient (Wildman–Crippen LogP) is 5.60. The van der Waals surface area contributed by atoms with E-state index in [2.05, 4.69) is 10.3 Å². The molecule has 0 saturated heterocycles. The Hall–Kier alpha value is -2.14. The first-order valence-corrected chi connectivity index (χ1v) is 10.1. The van der Waals surface area contributed by atoms with Gasteiger partial charge in [-0.1, -0.05) is 31.6 Å². The first-order chi connectivity index (χ1) is 11.7. The molecular weight excluding hydrogens is 397 g/mol. The molecule has 0 atom stereocenters. The first-order valence-electron chi connectivity index (χ1n) is 7.31. The number of hydrogen-bond donors (Lipinski definition) is 1. The van der Waals surface area contributed by atoms with Crippen molar-refractivity contribution in [2.45, 2.75) is 25.3 Å². The van der Waals surface area contributed by atoms with Crippen molar-refractivity contribution in [3.8, 4) is 0 Å². The third-order valence-electron chi connectivity index (χ3n) is 3.63. The molecule has 2 heterocycles. The van der Waals surface area contributed by atoms with Gasteiger partial charge in [-0.2, -0.15) is 0 Å². The fourth-order valence-electron chi connectivity index (χ4n) is 2.50. The van der Waals surface area contributed by atoms with Crippen molar-refractivity contribution in [1.29, 1.82) is 0 Å². The lowest BCUT2D eigenvalue weighted by molar-refractivity contribution is 0.0944. The average Bonchev–Trinajstić information content (AvgIpc) is 2.97. The summed E-state index contributed by atoms with van der Waals surface area (Å²) in [5, 5.41) is 2.45. The highest BCUT2D eigenvalue weighted by atomic mass is 32.5. The van der Waals surface area contributed by atoms with Crippen LogP contribution in [0.5, 0.6) is 0 Å². The zero-order valence-electron chi connectivity index (χ0n) is 13.6. The first kappa shape index (κ1) is 18.6. The summed E-state index contributed by atoms with van der Waals surface area (Å²) in [6, 6.07) is 2.81. The lowest BCUT2D eigenvalue weighted by Crippen LogP contribution is -2.25. The van der Waals surface area contributed by atoms with E-state index in [1.54, 1.807) is 17.5 Å². The number of imidazole rings is 1. The number of aromatic nitrogens is 2. The Labute approximate surface area is 149 Å². The standard InChI is InChI=1S/C15H14F5N3OS2/c1-9-8-23-13(10(2)22-15(23)25-9)14(24)21-7-11-4-3-5-12(6-11)26(16,17,18,19)20/h3-6,8H,7H2,1-2H3,(H,21,24). The van der Waals surface area contributed by atoms with Gasteiger partial charge in [-0.05, 0) is 31.5 Å². The van der Waals surface area contributed by atoms with Crippen LogP contribution in [0.3, 0.4) is 0 Å². The zero-order chi connectivity index (χ0) is 19.4. The van der Waals surface area contributed by atoms with Crippen LogP contribution in [0, 0.1) is 13.8 Å². The molecule has 0 bridgehead atoms. The van der Waals surface area contributed by atoms with Gasteiger partial charge in [0, 0.05) is 17.6 Å². The number of carbonyl (C=O) groups excluding carboxylic acids is 1. The van der Waals surface area contributed by atoms with Crippen molar-refractivity contribution in [2.75, 3.05) is 0 Å². The smallest absolute Gasteiger partial charge is 0.310 e. The third kappa shape index (κ3) is 3.68. The van der Waals surface area contributed by atoms with Crippen LogP contribution in [0.2, 0.25) is 0 Å². The number of carbonyl (C=O) groups is 1. The molecule has 11 heteroatoms. The van der Waals surface area contributed by atoms with Gasteiger partial charge in [0.15, 0.2) is 4.96 Å². The normalized spacial score (nSPS) is 14.9. The van der Waals surface area contributed by atoms with Gasteiger partial charge in [-0.25, -0.2) is 4.98 Å². The Morgan fingerprint density at radius 1 is 1.23 bits per heavy atom. The lowest BCUT2D eigenvalue weighted by Gasteiger charge is -2.40. The van der Waals surface area contributed by atoms with Crippen molar-refractivity contribution < 1.29 is 24.2 Å². The van der Waals surface area contributed by atoms with Crippen LogP contribution in [0.4, 0.5) is 19.4 Å². The highest BCUT2D eigenvalue weighted by Gasteiger charge is 2.65. The summed E-state index contributed by atoms with van der Waals surface area (Å²) in [7, 11) is -9.75. The van der Waals surface area contributed by atoms with Gasteiger partial charge < -0.3 is 5.32 Å². The number of fused-ring (bicyclic) bond motifs is 1. The molecule has 1 N–H and O–H groups in total. The molecule has 0 fully saturated rings. The monoisotopic (exact) mass is 411 g/mol. The molecule has 1 aromatic carbocycles. The molecule has 3 aromatic rings. The van der Waals surface area contributed by atoms with Crippen LogP contribution >= 0.6 is 21.6 Å². The molecule has 3 rings (SSSR count). The number of rotatable bonds is 4. The summed E-state index contributed by atoms with van der Waals surface area (Å²) >= 11 is 1.39. The summed E-state index contributed by atoms with van der Waals surface area (Å²) < 4.78 is 66.0. The highest BCUT2D eigenvalue weighted by Crippen LogP contribution is 3.02. The third-order valence-corrected chi connectivity index (χ3v) is 5.67. The van der Waals surface area contributed by atoms with Gasteiger partial charge in [0.25, 0.3) is 5.91 Å². The summed E-state index contributed by atoms with van der Waals surface area (Å²) in [5.74, 6) is -0.550. The summed E-state index contributed by atoms with van der Waals surface area (Å²) in [4.78, 5) is 16.2. The molecule has 0 unspecified atom stereocenters. The number of benzene rings is 1. The van der Waals surface area contributed by atoms with Crippen LogP contribution < -0.4 is 5.32 Å². The van der Waals surface area contributed by atoms with Crippen molar-refractivity contribution >= 4 is 32.4 Å². The summed E-state index contributed by atoms with van der Waals surface area (Å²) in [5.41, 5.74) is 0.645. The highest BCUT2D eigenvalue weighted by molar-refractivity contribution is 8.45. The molecule has 0 radical (unpaired) electrons. The Morgan fingerprint density at radius 2 is 1.92 bits per heavy atom. The van der Waals surface area contributed by atoms with Crippen molar-refractivity contribution in [1.82, 2.24) is 14.7 Å². The number of amides is 1. The Morgan fingerprint density at radius 3 is 2.58 bits per heavy atom. The molecule has 142 valence electrons. The number of nitrogens with zero attached hydrogens (tertiary/aromatic N) is 2. The Bertz CT molecular complexity index is 1020. The maximum atomic E-state index is 12.9. The van der Waals surface area contributed by atoms with E-state index < -0.39 is 21.0 Å². The zero-order valence-corrected chi connectivity index (χ0v) is 15.2. The number of hydrogen-bond acceptors (Lipinski definition) is 3. The fourth-order valence-corrected chi connectivity index (χ4v) is 4.08. The molecule has 2 aromatic heterocycles. The van der Waals surface area contributed by atoms with Crippen LogP contribution in [-0.4, -0.2) is 15.3 Å². The average molecular weight is 411 g/mol. The Kier molecular flexibility index (Phi) is 3.72. The van der Waals surface area contributed by atoms with E-state index in [1.807, 2.05) is 6.92 Å². The molecule has 0 aliphatic heterocycles. The van der Waals surface area contributed by atoms with E-state index in [1.165, 1.54) is 17.4 Å². The SMILES string of the molecule is Cc1cn2c(C(=O)NCc3cccc(S(F)(F)(F)(F)F)c3)c(C)nc2s1. The molecule has 0 aliphatic rings. The van der Waals surface area contributed by atoms with Gasteiger partial charge in [-0.15, -0.1) is 11.3 Å². The van der Waals surface area contributed by atoms with Crippen LogP contribution in [-0.2, 0) is 6.54 Å². The fraction of sp³-hybridized carbons (Fsp3) is 0.200. The lowest BCUT2D eigenvalue weighted by atomic mass is 10.2. The summed E-state index contributed by atoms with van der Waals surface area (Å²) in [6.07, 6.45) is 1.73. The van der Waals surface area contributed by atoms with Crippen molar-refractivity contribution in [2.24, 2.45) is 0 Å². The predicted molar refractivity (Wildman–Crippen MR) is 91.6 cm³/mol. The number of thiazole rings is 1. The van der Waals surface area contributed by atoms with Crippen LogP contribution in [0.15, 0.2) is 35.4 Å². The van der Waals surface area contributed by atoms with Gasteiger partial charge in [0.2, 0.25) is 0 Å². The van der Waals surface area contributed by atoms with Crippen molar-refractivity contribution in [3.05, 3.63) is 52.3 Å². The number of halogens is 5. The second-order valence-corrected chi connectivity index (χ2v) is 9.46. The Balaban J connectivity index is 1.83. The van der Waals surface area contributed by atoms with Gasteiger partial charge in [-0.3, -0.25) is 9.20 Å². The van der Waals surface area contributed by atoms with E-state index in [-0.39, 0.29) is 17.8 Å². The van der Waals surface area contributed by atoms with Gasteiger partial charge in [0.1, 0.15) is 10.6 Å². The molecule has 0 spiro atoms. The van der Waals surface area contributed by atoms with E-state index >= 15 is 0 Å². The maximum absolute atomic E-state index is 12.9. The second-order valence-electron chi connectivity index (χ2n) is 5.84. The van der Waals surface area contributed by atoms with E-state index in [0.29, 0.717) is 22.8 Å². The van der Waals surface area contributed by atoms with E-state index in [4.69, 9.17) is 0 Å². The van der Waals surface area contributed by atoms with E-state index in [9.17, 15) is 24.2 Å². The minimum atomic E-state index is -9.75. The van der Waals surface area contributed by atoms with Gasteiger partial charge in [0.05, 0.1) is 5.69 Å². The van der Waals surface area contributed by atoms with E-state index in [0.717, 1.165) is 10.9 Å². The molecule has 26 heavy (non-hydrogen) atoms. The molecule has 0 aliphatic carbocycles. The van der Waals surface area contributed by atoms with Crippen LogP contribution in [0.25, 0.3) is 4.96 Å². The number of aryl methyl sites for hydroxylation is 2. The number of nitrogens with one attached hydrogen (secondary N) is 1. The molecule has 1 amide bonds. The molecule has 0 saturated carbocycles. The van der Waals surface area contributed by atoms with Gasteiger partial charge >= 0.3 is 10.2 Å². The minimum Gasteiger partial charge on any atom is -0.347 e. The largest absolute Gasteiger partial charge is 0.347 e. The maximum Gasteiger partial charge on any atom is 0.310 e. The quantitative estimate of drug-likeness (QED) is 0.568. The topological polar surface area (TPSA) is 46.4 Å². The van der Waals surface area contributed by atoms with Crippen LogP contribution in [0.1, 0.15) is 26.6 Å². The minimum absolute atomic E-state index is 0.0796. The molecular formula is C15H14F5N3OS2. The second kappa shape index (κ2) is 5.19. The molecule has 4 nitrogen and oxygen atoms in total.